The Morgan fingerprint density at radius 1 is 1.29 bits per heavy atom. The van der Waals surface area contributed by atoms with E-state index in [1.807, 2.05) is 20.9 Å². The summed E-state index contributed by atoms with van der Waals surface area (Å²) in [7, 11) is -1.45. The van der Waals surface area contributed by atoms with Crippen molar-refractivity contribution in [2.75, 3.05) is 6.26 Å². The largest absolute Gasteiger partial charge is 0.348 e. The van der Waals surface area contributed by atoms with Gasteiger partial charge in [0.1, 0.15) is 0 Å². The summed E-state index contributed by atoms with van der Waals surface area (Å²) in [6.07, 6.45) is 2.55. The third-order valence-electron chi connectivity index (χ3n) is 3.68. The number of nitrogens with zero attached hydrogens (tertiary/aromatic N) is 3. The van der Waals surface area contributed by atoms with E-state index < -0.39 is 10.0 Å². The van der Waals surface area contributed by atoms with Crippen LogP contribution in [0.3, 0.4) is 0 Å². The summed E-state index contributed by atoms with van der Waals surface area (Å²) in [5.74, 6) is -0.249. The van der Waals surface area contributed by atoms with Gasteiger partial charge in [-0.05, 0) is 26.0 Å². The lowest BCUT2D eigenvalue weighted by atomic mass is 10.1. The van der Waals surface area contributed by atoms with Gasteiger partial charge in [-0.2, -0.15) is 5.10 Å². The quantitative estimate of drug-likeness (QED) is 0.784. The number of amides is 1. The fraction of sp³-hybridized carbons (Fsp3) is 0.400. The van der Waals surface area contributed by atoms with Crippen LogP contribution in [-0.4, -0.2) is 35.3 Å². The summed E-state index contributed by atoms with van der Waals surface area (Å²) < 4.78 is 26.4. The SMILES string of the molecule is Cc1nn(C)c(C)c1CNC(=O)c1ccnc(CNS(C)(=O)=O)c1. The molecule has 0 aliphatic heterocycles. The highest BCUT2D eigenvalue weighted by molar-refractivity contribution is 7.88. The number of aromatic nitrogens is 3. The highest BCUT2D eigenvalue weighted by atomic mass is 32.2. The van der Waals surface area contributed by atoms with Crippen LogP contribution in [0.25, 0.3) is 0 Å². The average Bonchev–Trinajstić information content (AvgIpc) is 2.75. The second-order valence-corrected chi connectivity index (χ2v) is 7.42. The molecule has 1 amide bonds. The van der Waals surface area contributed by atoms with Crippen LogP contribution < -0.4 is 10.0 Å². The van der Waals surface area contributed by atoms with Gasteiger partial charge in [-0.3, -0.25) is 14.5 Å². The van der Waals surface area contributed by atoms with Gasteiger partial charge in [-0.25, -0.2) is 13.1 Å². The van der Waals surface area contributed by atoms with E-state index >= 15 is 0 Å². The van der Waals surface area contributed by atoms with E-state index in [9.17, 15) is 13.2 Å². The van der Waals surface area contributed by atoms with Crippen LogP contribution >= 0.6 is 0 Å². The lowest BCUT2D eigenvalue weighted by Gasteiger charge is -2.07. The van der Waals surface area contributed by atoms with Crippen molar-refractivity contribution >= 4 is 15.9 Å². The lowest BCUT2D eigenvalue weighted by Crippen LogP contribution is -2.25. The fourth-order valence-corrected chi connectivity index (χ4v) is 2.68. The number of carbonyl (C=O) groups is 1. The second kappa shape index (κ2) is 7.10. The van der Waals surface area contributed by atoms with Crippen LogP contribution in [0.1, 0.15) is 33.0 Å². The van der Waals surface area contributed by atoms with Gasteiger partial charge in [0, 0.05) is 36.6 Å². The maximum Gasteiger partial charge on any atom is 0.251 e. The zero-order valence-electron chi connectivity index (χ0n) is 14.1. The van der Waals surface area contributed by atoms with Crippen molar-refractivity contribution in [3.63, 3.8) is 0 Å². The Labute approximate surface area is 141 Å². The summed E-state index contributed by atoms with van der Waals surface area (Å²) in [5.41, 5.74) is 3.76. The highest BCUT2D eigenvalue weighted by Gasteiger charge is 2.12. The second-order valence-electron chi connectivity index (χ2n) is 5.58. The summed E-state index contributed by atoms with van der Waals surface area (Å²) in [6.45, 7) is 4.27. The van der Waals surface area contributed by atoms with Crippen molar-refractivity contribution in [1.82, 2.24) is 24.8 Å². The van der Waals surface area contributed by atoms with Gasteiger partial charge in [0.15, 0.2) is 0 Å². The molecule has 2 heterocycles. The van der Waals surface area contributed by atoms with Crippen molar-refractivity contribution in [3.8, 4) is 0 Å². The van der Waals surface area contributed by atoms with Gasteiger partial charge >= 0.3 is 0 Å². The standard InChI is InChI=1S/C15H21N5O3S/c1-10-14(11(2)20(3)19-10)9-17-15(21)12-5-6-16-13(7-12)8-18-24(4,22)23/h5-7,18H,8-9H2,1-4H3,(H,17,21). The van der Waals surface area contributed by atoms with E-state index in [-0.39, 0.29) is 12.5 Å². The third kappa shape index (κ3) is 4.62. The molecule has 0 bridgehead atoms. The molecule has 0 saturated heterocycles. The Bertz CT molecular complexity index is 858. The van der Waals surface area contributed by atoms with E-state index in [4.69, 9.17) is 0 Å². The number of carbonyl (C=O) groups excluding carboxylic acids is 1. The predicted octanol–water partition coefficient (Wildman–Crippen LogP) is 0.411. The molecule has 0 atom stereocenters. The van der Waals surface area contributed by atoms with Crippen molar-refractivity contribution in [3.05, 3.63) is 46.5 Å². The molecule has 8 nitrogen and oxygen atoms in total. The smallest absolute Gasteiger partial charge is 0.251 e. The molecule has 2 rings (SSSR count). The number of sulfonamides is 1. The minimum Gasteiger partial charge on any atom is -0.348 e. The zero-order valence-corrected chi connectivity index (χ0v) is 14.9. The number of hydrogen-bond acceptors (Lipinski definition) is 5. The molecule has 0 saturated carbocycles. The molecule has 24 heavy (non-hydrogen) atoms. The first-order chi connectivity index (χ1) is 11.2. The molecule has 2 aromatic rings. The molecule has 0 radical (unpaired) electrons. The molecule has 0 aromatic carbocycles. The molecular formula is C15H21N5O3S. The zero-order chi connectivity index (χ0) is 17.9. The summed E-state index contributed by atoms with van der Waals surface area (Å²) >= 11 is 0. The van der Waals surface area contributed by atoms with Crippen LogP contribution in [0.2, 0.25) is 0 Å². The van der Waals surface area contributed by atoms with E-state index in [1.165, 1.54) is 6.20 Å². The molecule has 0 spiro atoms. The van der Waals surface area contributed by atoms with Gasteiger partial charge in [-0.1, -0.05) is 0 Å². The number of nitrogens with one attached hydrogen (secondary N) is 2. The number of rotatable bonds is 6. The van der Waals surface area contributed by atoms with E-state index in [0.29, 0.717) is 17.8 Å². The maximum atomic E-state index is 12.3. The van der Waals surface area contributed by atoms with Crippen LogP contribution in [0.4, 0.5) is 0 Å². The topological polar surface area (TPSA) is 106 Å². The molecule has 2 aromatic heterocycles. The Morgan fingerprint density at radius 3 is 2.58 bits per heavy atom. The Hall–Kier alpha value is -2.26. The highest BCUT2D eigenvalue weighted by Crippen LogP contribution is 2.11. The first kappa shape index (κ1) is 18.1. The first-order valence-electron chi connectivity index (χ1n) is 7.34. The van der Waals surface area contributed by atoms with E-state index in [0.717, 1.165) is 23.2 Å². The van der Waals surface area contributed by atoms with Crippen LogP contribution in [-0.2, 0) is 30.2 Å². The molecular weight excluding hydrogens is 330 g/mol. The predicted molar refractivity (Wildman–Crippen MR) is 89.8 cm³/mol. The van der Waals surface area contributed by atoms with Gasteiger partial charge in [-0.15, -0.1) is 0 Å². The molecule has 0 aliphatic rings. The molecule has 9 heteroatoms. The summed E-state index contributed by atoms with van der Waals surface area (Å²) in [5, 5.41) is 7.16. The third-order valence-corrected chi connectivity index (χ3v) is 4.35. The van der Waals surface area contributed by atoms with Gasteiger partial charge in [0.05, 0.1) is 24.2 Å². The van der Waals surface area contributed by atoms with Crippen molar-refractivity contribution in [2.45, 2.75) is 26.9 Å². The Morgan fingerprint density at radius 2 is 2.00 bits per heavy atom. The minimum absolute atomic E-state index is 0.0424. The maximum absolute atomic E-state index is 12.3. The number of aryl methyl sites for hydroxylation is 2. The van der Waals surface area contributed by atoms with Crippen LogP contribution in [0, 0.1) is 13.8 Å². The molecule has 0 unspecified atom stereocenters. The van der Waals surface area contributed by atoms with Crippen LogP contribution in [0.15, 0.2) is 18.3 Å². The van der Waals surface area contributed by atoms with Crippen molar-refractivity contribution in [2.24, 2.45) is 7.05 Å². The minimum atomic E-state index is -3.31. The lowest BCUT2D eigenvalue weighted by molar-refractivity contribution is 0.0950. The molecule has 2 N–H and O–H groups in total. The number of hydrogen-bond donors (Lipinski definition) is 2. The average molecular weight is 351 g/mol. The number of pyridine rings is 1. The van der Waals surface area contributed by atoms with Gasteiger partial charge < -0.3 is 5.32 Å². The normalized spacial score (nSPS) is 11.5. The van der Waals surface area contributed by atoms with E-state index in [2.05, 4.69) is 20.1 Å². The van der Waals surface area contributed by atoms with E-state index in [1.54, 1.807) is 16.8 Å². The Balaban J connectivity index is 2.04. The summed E-state index contributed by atoms with van der Waals surface area (Å²) in [4.78, 5) is 16.4. The van der Waals surface area contributed by atoms with Gasteiger partial charge in [0.25, 0.3) is 5.91 Å². The van der Waals surface area contributed by atoms with Crippen molar-refractivity contribution in [1.29, 1.82) is 0 Å². The fourth-order valence-electron chi connectivity index (χ4n) is 2.27. The monoisotopic (exact) mass is 351 g/mol. The van der Waals surface area contributed by atoms with Crippen LogP contribution in [0.5, 0.6) is 0 Å². The Kier molecular flexibility index (Phi) is 5.35. The molecule has 0 aliphatic carbocycles. The molecule has 130 valence electrons. The summed E-state index contributed by atoms with van der Waals surface area (Å²) in [6, 6.07) is 3.15. The van der Waals surface area contributed by atoms with Crippen molar-refractivity contribution < 1.29 is 13.2 Å². The first-order valence-corrected chi connectivity index (χ1v) is 9.23. The molecule has 0 fully saturated rings. The van der Waals surface area contributed by atoms with Gasteiger partial charge in [0.2, 0.25) is 10.0 Å².